The number of para-hydroxylation sites is 2. The molecule has 2 amide bonds. The van der Waals surface area contributed by atoms with E-state index in [1.165, 1.54) is 21.1 Å². The molecule has 0 radical (unpaired) electrons. The Morgan fingerprint density at radius 1 is 1.03 bits per heavy atom. The number of carbonyl (C=O) groups excluding carboxylic acids is 2. The number of nitrogens with zero attached hydrogens (tertiary/aromatic N) is 3. The van der Waals surface area contributed by atoms with E-state index in [-0.39, 0.29) is 11.3 Å². The zero-order valence-electron chi connectivity index (χ0n) is 15.7. The SMILES string of the molecule is CN1C(=O)C2(c3ccccc31)c1c(oc3ccccc3c1=O)C(=O)N2c1nccs1. The molecule has 1 spiro atoms. The van der Waals surface area contributed by atoms with E-state index >= 15 is 0 Å². The smallest absolute Gasteiger partial charge is 0.297 e. The van der Waals surface area contributed by atoms with Crippen LogP contribution < -0.4 is 15.2 Å². The highest BCUT2D eigenvalue weighted by Crippen LogP contribution is 2.53. The second-order valence-corrected chi connectivity index (χ2v) is 8.05. The van der Waals surface area contributed by atoms with Gasteiger partial charge in [0.05, 0.1) is 10.9 Å². The van der Waals surface area contributed by atoms with Crippen molar-refractivity contribution in [3.8, 4) is 0 Å². The molecule has 2 aliphatic heterocycles. The lowest BCUT2D eigenvalue weighted by atomic mass is 9.84. The summed E-state index contributed by atoms with van der Waals surface area (Å²) in [5, 5.41) is 2.37. The molecule has 0 N–H and O–H groups in total. The highest BCUT2D eigenvalue weighted by Gasteiger charge is 2.65. The Morgan fingerprint density at radius 3 is 2.60 bits per heavy atom. The Labute approximate surface area is 173 Å². The van der Waals surface area contributed by atoms with E-state index in [2.05, 4.69) is 4.98 Å². The van der Waals surface area contributed by atoms with Gasteiger partial charge in [-0.15, -0.1) is 11.3 Å². The fourth-order valence-corrected chi connectivity index (χ4v) is 5.23. The van der Waals surface area contributed by atoms with Crippen molar-refractivity contribution >= 4 is 44.9 Å². The molecule has 4 heterocycles. The molecule has 0 bridgehead atoms. The second kappa shape index (κ2) is 5.64. The maximum absolute atomic E-state index is 13.8. The molecule has 1 atom stereocenters. The van der Waals surface area contributed by atoms with E-state index in [1.54, 1.807) is 61.1 Å². The standard InChI is InChI=1S/C22H13N3O4S/c1-24-14-8-4-3-7-13(14)22(20(24)28)16-17(26)12-6-2-5-9-15(12)29-18(16)19(27)25(22)21-23-10-11-30-21/h2-11H,1H3. The molecule has 2 aromatic heterocycles. The van der Waals surface area contributed by atoms with Gasteiger partial charge >= 0.3 is 0 Å². The van der Waals surface area contributed by atoms with Crippen molar-refractivity contribution in [3.05, 3.63) is 87.2 Å². The summed E-state index contributed by atoms with van der Waals surface area (Å²) in [6.07, 6.45) is 1.56. The topological polar surface area (TPSA) is 83.7 Å². The number of hydrogen-bond acceptors (Lipinski definition) is 6. The monoisotopic (exact) mass is 415 g/mol. The van der Waals surface area contributed by atoms with Gasteiger partial charge in [0.1, 0.15) is 5.58 Å². The Bertz CT molecular complexity index is 1440. The van der Waals surface area contributed by atoms with Gasteiger partial charge < -0.3 is 9.32 Å². The summed E-state index contributed by atoms with van der Waals surface area (Å²) in [6.45, 7) is 0. The maximum atomic E-state index is 13.8. The van der Waals surface area contributed by atoms with Crippen LogP contribution >= 0.6 is 11.3 Å². The quantitative estimate of drug-likeness (QED) is 0.477. The fraction of sp³-hybridized carbons (Fsp3) is 0.0909. The largest absolute Gasteiger partial charge is 0.450 e. The summed E-state index contributed by atoms with van der Waals surface area (Å²) in [5.74, 6) is -1.07. The van der Waals surface area contributed by atoms with Gasteiger partial charge in [0.15, 0.2) is 16.1 Å². The predicted molar refractivity (Wildman–Crippen MR) is 112 cm³/mol. The summed E-state index contributed by atoms with van der Waals surface area (Å²) in [6, 6.07) is 13.9. The zero-order valence-corrected chi connectivity index (χ0v) is 16.5. The van der Waals surface area contributed by atoms with Crippen molar-refractivity contribution in [1.29, 1.82) is 0 Å². The first kappa shape index (κ1) is 17.1. The molecule has 6 rings (SSSR count). The van der Waals surface area contributed by atoms with Crippen molar-refractivity contribution in [1.82, 2.24) is 4.98 Å². The average Bonchev–Trinajstić information content (AvgIpc) is 3.43. The number of benzene rings is 2. The highest BCUT2D eigenvalue weighted by atomic mass is 32.1. The van der Waals surface area contributed by atoms with E-state index < -0.39 is 22.8 Å². The number of carbonyl (C=O) groups is 2. The minimum atomic E-state index is -1.65. The number of anilines is 2. The van der Waals surface area contributed by atoms with Crippen molar-refractivity contribution < 1.29 is 14.0 Å². The third kappa shape index (κ3) is 1.80. The third-order valence-corrected chi connectivity index (χ3v) is 6.53. The molecular formula is C22H13N3O4S. The molecule has 2 aromatic carbocycles. The van der Waals surface area contributed by atoms with Gasteiger partial charge in [0, 0.05) is 29.9 Å². The molecule has 146 valence electrons. The van der Waals surface area contributed by atoms with E-state index in [9.17, 15) is 14.4 Å². The van der Waals surface area contributed by atoms with Gasteiger partial charge in [-0.1, -0.05) is 30.3 Å². The second-order valence-electron chi connectivity index (χ2n) is 7.18. The van der Waals surface area contributed by atoms with Crippen LogP contribution in [0.2, 0.25) is 0 Å². The minimum Gasteiger partial charge on any atom is -0.450 e. The van der Waals surface area contributed by atoms with Gasteiger partial charge in [-0.25, -0.2) is 4.98 Å². The lowest BCUT2D eigenvalue weighted by molar-refractivity contribution is -0.121. The van der Waals surface area contributed by atoms with Crippen LogP contribution in [0.5, 0.6) is 0 Å². The van der Waals surface area contributed by atoms with Crippen LogP contribution in [0.15, 0.2) is 69.3 Å². The van der Waals surface area contributed by atoms with Crippen LogP contribution in [0, 0.1) is 0 Å². The summed E-state index contributed by atoms with van der Waals surface area (Å²) >= 11 is 1.22. The number of fused-ring (bicyclic) bond motifs is 5. The normalized spacial score (nSPS) is 19.8. The molecule has 0 fully saturated rings. The summed E-state index contributed by atoms with van der Waals surface area (Å²) in [5.41, 5.74) is -0.501. The first-order chi connectivity index (χ1) is 14.6. The van der Waals surface area contributed by atoms with Gasteiger partial charge in [0.2, 0.25) is 5.76 Å². The van der Waals surface area contributed by atoms with Crippen LogP contribution in [0.1, 0.15) is 21.7 Å². The molecule has 2 aliphatic rings. The summed E-state index contributed by atoms with van der Waals surface area (Å²) < 4.78 is 5.93. The van der Waals surface area contributed by atoms with Crippen LogP contribution in [0.4, 0.5) is 10.8 Å². The van der Waals surface area contributed by atoms with Crippen LogP contribution in [-0.4, -0.2) is 23.8 Å². The molecule has 7 nitrogen and oxygen atoms in total. The van der Waals surface area contributed by atoms with E-state index in [1.807, 2.05) is 6.07 Å². The van der Waals surface area contributed by atoms with Crippen molar-refractivity contribution in [2.24, 2.45) is 0 Å². The maximum Gasteiger partial charge on any atom is 0.297 e. The van der Waals surface area contributed by atoms with Crippen molar-refractivity contribution in [3.63, 3.8) is 0 Å². The molecule has 1 unspecified atom stereocenters. The Balaban J connectivity index is 1.83. The lowest BCUT2D eigenvalue weighted by Gasteiger charge is -2.31. The minimum absolute atomic E-state index is 0.0446. The van der Waals surface area contributed by atoms with E-state index in [0.29, 0.717) is 27.4 Å². The molecule has 0 saturated carbocycles. The van der Waals surface area contributed by atoms with Gasteiger partial charge in [-0.3, -0.25) is 19.3 Å². The summed E-state index contributed by atoms with van der Waals surface area (Å²) in [4.78, 5) is 48.2. The third-order valence-electron chi connectivity index (χ3n) is 5.77. The Kier molecular flexibility index (Phi) is 3.22. The number of likely N-dealkylation sites (N-methyl/N-ethyl adjacent to an activating group) is 1. The molecule has 4 aromatic rings. The van der Waals surface area contributed by atoms with Crippen LogP contribution in [0.3, 0.4) is 0 Å². The molecule has 30 heavy (non-hydrogen) atoms. The average molecular weight is 415 g/mol. The Hall–Kier alpha value is -3.78. The number of rotatable bonds is 1. The number of hydrogen-bond donors (Lipinski definition) is 0. The van der Waals surface area contributed by atoms with E-state index in [4.69, 9.17) is 4.42 Å². The van der Waals surface area contributed by atoms with E-state index in [0.717, 1.165) is 0 Å². The van der Waals surface area contributed by atoms with Gasteiger partial charge in [-0.05, 0) is 18.2 Å². The highest BCUT2D eigenvalue weighted by molar-refractivity contribution is 7.13. The van der Waals surface area contributed by atoms with Crippen LogP contribution in [-0.2, 0) is 10.3 Å². The predicted octanol–water partition coefficient (Wildman–Crippen LogP) is 3.13. The number of aromatic nitrogens is 1. The number of thiazole rings is 1. The molecule has 0 saturated heterocycles. The first-order valence-electron chi connectivity index (χ1n) is 9.25. The zero-order chi connectivity index (χ0) is 20.6. The first-order valence-corrected chi connectivity index (χ1v) is 10.1. The molecule has 0 aliphatic carbocycles. The van der Waals surface area contributed by atoms with Crippen molar-refractivity contribution in [2.45, 2.75) is 5.54 Å². The van der Waals surface area contributed by atoms with Gasteiger partial charge in [0.25, 0.3) is 11.8 Å². The van der Waals surface area contributed by atoms with Gasteiger partial charge in [-0.2, -0.15) is 0 Å². The fourth-order valence-electron chi connectivity index (χ4n) is 4.54. The van der Waals surface area contributed by atoms with Crippen molar-refractivity contribution in [2.75, 3.05) is 16.8 Å². The lowest BCUT2D eigenvalue weighted by Crippen LogP contribution is -2.53. The Morgan fingerprint density at radius 2 is 1.80 bits per heavy atom. The molecule has 8 heteroatoms. The summed E-state index contributed by atoms with van der Waals surface area (Å²) in [7, 11) is 1.64. The van der Waals surface area contributed by atoms with Crippen LogP contribution in [0.25, 0.3) is 11.0 Å². The number of amides is 2. The molecular weight excluding hydrogens is 402 g/mol.